The van der Waals surface area contributed by atoms with E-state index in [-0.39, 0.29) is 12.2 Å². The monoisotopic (exact) mass is 611 g/mol. The van der Waals surface area contributed by atoms with Crippen LogP contribution in [0.2, 0.25) is 0 Å². The van der Waals surface area contributed by atoms with E-state index < -0.39 is 5.97 Å². The minimum atomic E-state index is -0.414. The molecule has 168 valence electrons. The number of esters is 1. The van der Waals surface area contributed by atoms with E-state index in [0.717, 1.165) is 26.4 Å². The Morgan fingerprint density at radius 1 is 1.25 bits per heavy atom. The smallest absolute Gasteiger partial charge is 0.344 e. The number of aryl methyl sites for hydroxylation is 1. The van der Waals surface area contributed by atoms with Gasteiger partial charge < -0.3 is 9.47 Å². The lowest BCUT2D eigenvalue weighted by Gasteiger charge is -2.10. The molecule has 0 amide bonds. The summed E-state index contributed by atoms with van der Waals surface area (Å²) in [6.07, 6.45) is 4.19. The molecular formula is C23H23BrIN3O4. The SMILES string of the molecule is CCCCc1nc2ccc(Br)cc2c(=O)n1N=Cc1ccc(OCC(=O)OCC)c(I)c1. The van der Waals surface area contributed by atoms with Crippen molar-refractivity contribution in [3.8, 4) is 5.75 Å². The second-order valence-corrected chi connectivity index (χ2v) is 9.02. The van der Waals surface area contributed by atoms with E-state index in [1.807, 2.05) is 24.3 Å². The number of aromatic nitrogens is 2. The van der Waals surface area contributed by atoms with Gasteiger partial charge >= 0.3 is 5.97 Å². The van der Waals surface area contributed by atoms with Crippen LogP contribution in [0.15, 0.2) is 50.8 Å². The highest BCUT2D eigenvalue weighted by Crippen LogP contribution is 2.22. The van der Waals surface area contributed by atoms with Gasteiger partial charge in [0.1, 0.15) is 11.6 Å². The van der Waals surface area contributed by atoms with Gasteiger partial charge in [0.05, 0.1) is 27.3 Å². The summed E-state index contributed by atoms with van der Waals surface area (Å²) in [6.45, 7) is 4.01. The van der Waals surface area contributed by atoms with Crippen LogP contribution in [-0.2, 0) is 16.0 Å². The summed E-state index contributed by atoms with van der Waals surface area (Å²) in [5, 5.41) is 4.97. The summed E-state index contributed by atoms with van der Waals surface area (Å²) in [7, 11) is 0. The van der Waals surface area contributed by atoms with Crippen LogP contribution in [0.25, 0.3) is 10.9 Å². The largest absolute Gasteiger partial charge is 0.481 e. The number of ether oxygens (including phenoxy) is 2. The van der Waals surface area contributed by atoms with Crippen LogP contribution < -0.4 is 10.3 Å². The molecule has 0 fully saturated rings. The molecular weight excluding hydrogens is 589 g/mol. The molecule has 0 saturated heterocycles. The molecule has 0 aliphatic carbocycles. The average molecular weight is 612 g/mol. The molecule has 0 atom stereocenters. The van der Waals surface area contributed by atoms with Crippen molar-refractivity contribution >= 4 is 61.6 Å². The van der Waals surface area contributed by atoms with Gasteiger partial charge in [-0.05, 0) is 77.9 Å². The lowest BCUT2D eigenvalue weighted by atomic mass is 10.2. The van der Waals surface area contributed by atoms with E-state index in [9.17, 15) is 9.59 Å². The average Bonchev–Trinajstić information content (AvgIpc) is 2.77. The van der Waals surface area contributed by atoms with E-state index in [0.29, 0.717) is 35.5 Å². The molecule has 1 heterocycles. The van der Waals surface area contributed by atoms with Crippen LogP contribution in [0.5, 0.6) is 5.75 Å². The molecule has 2 aromatic carbocycles. The summed E-state index contributed by atoms with van der Waals surface area (Å²) >= 11 is 5.55. The summed E-state index contributed by atoms with van der Waals surface area (Å²) in [5.41, 5.74) is 1.25. The van der Waals surface area contributed by atoms with Crippen molar-refractivity contribution in [2.75, 3.05) is 13.2 Å². The van der Waals surface area contributed by atoms with E-state index >= 15 is 0 Å². The summed E-state index contributed by atoms with van der Waals surface area (Å²) in [4.78, 5) is 29.3. The molecule has 0 bridgehead atoms. The van der Waals surface area contributed by atoms with E-state index in [4.69, 9.17) is 9.47 Å². The maximum Gasteiger partial charge on any atom is 0.344 e. The van der Waals surface area contributed by atoms with Gasteiger partial charge in [-0.15, -0.1) is 0 Å². The van der Waals surface area contributed by atoms with Gasteiger partial charge in [0.15, 0.2) is 6.61 Å². The van der Waals surface area contributed by atoms with Crippen molar-refractivity contribution in [3.05, 3.63) is 66.2 Å². The second-order valence-electron chi connectivity index (χ2n) is 6.94. The summed E-state index contributed by atoms with van der Waals surface area (Å²) < 4.78 is 13.4. The standard InChI is InChI=1S/C23H23BrIN3O4/c1-3-5-6-21-27-19-9-8-16(24)12-17(19)23(30)28(21)26-13-15-7-10-20(18(25)11-15)32-14-22(29)31-4-2/h7-13H,3-6,14H2,1-2H3. The van der Waals surface area contributed by atoms with Crippen molar-refractivity contribution in [1.29, 1.82) is 0 Å². The van der Waals surface area contributed by atoms with Crippen molar-refractivity contribution in [1.82, 2.24) is 9.66 Å². The Kier molecular flexibility index (Phi) is 8.80. The van der Waals surface area contributed by atoms with Crippen molar-refractivity contribution in [2.24, 2.45) is 5.10 Å². The number of hydrogen-bond donors (Lipinski definition) is 0. The highest BCUT2D eigenvalue weighted by Gasteiger charge is 2.11. The van der Waals surface area contributed by atoms with Crippen molar-refractivity contribution in [2.45, 2.75) is 33.1 Å². The van der Waals surface area contributed by atoms with Gasteiger partial charge in [-0.25, -0.2) is 9.78 Å². The zero-order chi connectivity index (χ0) is 23.1. The van der Waals surface area contributed by atoms with E-state index in [2.05, 4.69) is 55.5 Å². The fourth-order valence-electron chi connectivity index (χ4n) is 2.99. The maximum absolute atomic E-state index is 13.1. The number of unbranched alkanes of at least 4 members (excludes halogenated alkanes) is 1. The molecule has 0 aliphatic heterocycles. The molecule has 3 aromatic rings. The Morgan fingerprint density at radius 2 is 2.06 bits per heavy atom. The van der Waals surface area contributed by atoms with E-state index in [1.165, 1.54) is 4.68 Å². The van der Waals surface area contributed by atoms with Gasteiger partial charge in [-0.1, -0.05) is 29.3 Å². The Morgan fingerprint density at radius 3 is 2.78 bits per heavy atom. The lowest BCUT2D eigenvalue weighted by molar-refractivity contribution is -0.145. The molecule has 1 aromatic heterocycles. The van der Waals surface area contributed by atoms with Crippen molar-refractivity contribution < 1.29 is 14.3 Å². The molecule has 3 rings (SSSR count). The predicted octanol–water partition coefficient (Wildman–Crippen LogP) is 4.93. The number of carbonyl (C=O) groups excluding carboxylic acids is 1. The first kappa shape index (κ1) is 24.4. The predicted molar refractivity (Wildman–Crippen MR) is 137 cm³/mol. The van der Waals surface area contributed by atoms with Gasteiger partial charge in [0, 0.05) is 10.9 Å². The number of nitrogens with zero attached hydrogens (tertiary/aromatic N) is 3. The number of halogens is 2. The number of hydrogen-bond acceptors (Lipinski definition) is 6. The number of carbonyl (C=O) groups is 1. The Hall–Kier alpha value is -2.27. The zero-order valence-electron chi connectivity index (χ0n) is 17.8. The molecule has 0 N–H and O–H groups in total. The number of fused-ring (bicyclic) bond motifs is 1. The van der Waals surface area contributed by atoms with E-state index in [1.54, 1.807) is 25.3 Å². The highest BCUT2D eigenvalue weighted by molar-refractivity contribution is 14.1. The quantitative estimate of drug-likeness (QED) is 0.195. The maximum atomic E-state index is 13.1. The van der Waals surface area contributed by atoms with Crippen LogP contribution >= 0.6 is 38.5 Å². The second kappa shape index (κ2) is 11.6. The fraction of sp³-hybridized carbons (Fsp3) is 0.304. The van der Waals surface area contributed by atoms with Crippen LogP contribution in [0.1, 0.15) is 38.1 Å². The normalized spacial score (nSPS) is 11.2. The summed E-state index contributed by atoms with van der Waals surface area (Å²) in [6, 6.07) is 10.9. The van der Waals surface area contributed by atoms with Crippen LogP contribution in [0.3, 0.4) is 0 Å². The van der Waals surface area contributed by atoms with Crippen LogP contribution in [0.4, 0.5) is 0 Å². The number of rotatable bonds is 9. The minimum Gasteiger partial charge on any atom is -0.481 e. The Bertz CT molecular complexity index is 1210. The third kappa shape index (κ3) is 6.16. The molecule has 7 nitrogen and oxygen atoms in total. The molecule has 0 aliphatic rings. The molecule has 0 unspecified atom stereocenters. The Labute approximate surface area is 208 Å². The third-order valence-corrected chi connectivity index (χ3v) is 5.89. The van der Waals surface area contributed by atoms with Gasteiger partial charge in [-0.3, -0.25) is 4.79 Å². The fourth-order valence-corrected chi connectivity index (χ4v) is 4.04. The van der Waals surface area contributed by atoms with Crippen LogP contribution in [0, 0.1) is 3.57 Å². The molecule has 0 spiro atoms. The van der Waals surface area contributed by atoms with Gasteiger partial charge in [0.25, 0.3) is 5.56 Å². The number of benzene rings is 2. The van der Waals surface area contributed by atoms with Gasteiger partial charge in [-0.2, -0.15) is 9.78 Å². The third-order valence-electron chi connectivity index (χ3n) is 4.56. The summed E-state index contributed by atoms with van der Waals surface area (Å²) in [5.74, 6) is 0.796. The molecule has 0 saturated carbocycles. The van der Waals surface area contributed by atoms with Crippen molar-refractivity contribution in [3.63, 3.8) is 0 Å². The first-order valence-corrected chi connectivity index (χ1v) is 12.1. The topological polar surface area (TPSA) is 82.8 Å². The molecule has 0 radical (unpaired) electrons. The minimum absolute atomic E-state index is 0.147. The highest BCUT2D eigenvalue weighted by atomic mass is 127. The molecule has 9 heteroatoms. The van der Waals surface area contributed by atoms with Gasteiger partial charge in [0.2, 0.25) is 0 Å². The molecule has 32 heavy (non-hydrogen) atoms. The lowest BCUT2D eigenvalue weighted by Crippen LogP contribution is -2.22. The Balaban J connectivity index is 1.90. The first-order chi connectivity index (χ1) is 15.4. The first-order valence-electron chi connectivity index (χ1n) is 10.3. The zero-order valence-corrected chi connectivity index (χ0v) is 21.6. The van der Waals surface area contributed by atoms with Crippen LogP contribution in [-0.4, -0.2) is 35.1 Å².